The minimum atomic E-state index is -4.80. The summed E-state index contributed by atoms with van der Waals surface area (Å²) in [5.41, 5.74) is 6.99. The molecule has 0 radical (unpaired) electrons. The number of ether oxygens (including phenoxy) is 3. The van der Waals surface area contributed by atoms with Gasteiger partial charge in [0.15, 0.2) is 22.0 Å². The predicted molar refractivity (Wildman–Crippen MR) is 317 cm³/mol. The van der Waals surface area contributed by atoms with Gasteiger partial charge < -0.3 is 24.8 Å². The zero-order valence-corrected chi connectivity index (χ0v) is 47.9. The summed E-state index contributed by atoms with van der Waals surface area (Å²) in [5, 5.41) is 14.2. The molecule has 87 heavy (non-hydrogen) atoms. The number of hydrogen-bond acceptors (Lipinski definition) is 13. The molecule has 4 heterocycles. The van der Waals surface area contributed by atoms with Crippen LogP contribution in [-0.2, 0) is 22.4 Å². The zero-order valence-electron chi connectivity index (χ0n) is 46.3. The lowest BCUT2D eigenvalue weighted by atomic mass is 10.1. The molecular formula is C60H52F6N12O7S2. The first kappa shape index (κ1) is 60.6. The number of urea groups is 2. The van der Waals surface area contributed by atoms with Gasteiger partial charge in [0.05, 0.1) is 28.5 Å². The van der Waals surface area contributed by atoms with Crippen LogP contribution in [0.1, 0.15) is 41.5 Å². The number of thioether (sulfide) groups is 2. The van der Waals surface area contributed by atoms with Crippen LogP contribution in [0.3, 0.4) is 0 Å². The number of aromatic nitrogens is 6. The largest absolute Gasteiger partial charge is 0.573 e. The molecule has 8 aromatic rings. The van der Waals surface area contributed by atoms with Crippen molar-refractivity contribution in [1.82, 2.24) is 40.2 Å². The topological polar surface area (TPSA) is 213 Å². The van der Waals surface area contributed by atoms with Crippen molar-refractivity contribution in [3.05, 3.63) is 174 Å². The fourth-order valence-corrected chi connectivity index (χ4v) is 11.1. The highest BCUT2D eigenvalue weighted by Crippen LogP contribution is 2.36. The summed E-state index contributed by atoms with van der Waals surface area (Å²) in [4.78, 5) is 73.8. The van der Waals surface area contributed by atoms with Crippen molar-refractivity contribution in [3.8, 4) is 51.4 Å². The second-order valence-corrected chi connectivity index (χ2v) is 21.8. The molecule has 0 bridgehead atoms. The molecule has 0 aliphatic carbocycles. The van der Waals surface area contributed by atoms with Gasteiger partial charge in [0, 0.05) is 24.2 Å². The Morgan fingerprint density at radius 2 is 1.17 bits per heavy atom. The van der Waals surface area contributed by atoms with Crippen molar-refractivity contribution in [1.29, 1.82) is 0 Å². The Kier molecular flexibility index (Phi) is 18.7. The summed E-state index contributed by atoms with van der Waals surface area (Å²) in [5.74, 6) is 0.0586. The molecule has 19 nitrogen and oxygen atoms in total. The van der Waals surface area contributed by atoms with Crippen LogP contribution in [0.2, 0.25) is 0 Å². The maximum absolute atomic E-state index is 14.1. The fraction of sp³-hybridized carbons (Fsp3) is 0.233. The number of carbonyl (C=O) groups excluding carboxylic acids is 4. The molecule has 6 amide bonds. The Balaban J connectivity index is 0.684. The van der Waals surface area contributed by atoms with Gasteiger partial charge >= 0.3 is 24.8 Å². The van der Waals surface area contributed by atoms with E-state index in [1.165, 1.54) is 80.3 Å². The number of nitrogens with one attached hydrogen (secondary N) is 2. The summed E-state index contributed by atoms with van der Waals surface area (Å²) < 4.78 is 92.4. The van der Waals surface area contributed by atoms with Crippen LogP contribution in [-0.4, -0.2) is 107 Å². The Bertz CT molecular complexity index is 3860. The summed E-state index contributed by atoms with van der Waals surface area (Å²) >= 11 is 2.25. The number of hydrogen-bond donors (Lipinski definition) is 2. The molecule has 2 saturated heterocycles. The summed E-state index contributed by atoms with van der Waals surface area (Å²) in [6.45, 7) is 4.20. The molecule has 448 valence electrons. The number of carbonyl (C=O) groups is 4. The first-order valence-corrected chi connectivity index (χ1v) is 28.9. The molecule has 27 heteroatoms. The predicted octanol–water partition coefficient (Wildman–Crippen LogP) is 12.0. The van der Waals surface area contributed by atoms with Crippen LogP contribution < -0.4 is 34.6 Å². The second-order valence-electron chi connectivity index (χ2n) is 19.7. The Labute approximate surface area is 501 Å². The standard InChI is InChI=1S/C60H52F6N12O7S2/c1-37-9-3-4-14-48(37)78-54(80)50(87-58(78)72-56(82)67-29-6-5-10-39-15-17-41(18-16-39)52-69-35-75(73-52)43-19-23-45(24-20-43)84-59(61,62)63)33-83-47-27-28-49(38(2)31-47)77-51(79)34-86-57(77)71-55(81)68-30-8-12-40-11-7-13-42(32-40)53-70-36-76(74-53)44-21-25-46(26-22-44)85-60(64,65)66/h3-4,7,9,11,13-28,31-32,35-36,50H,5-6,8,10,12,29-30,33-34H2,1-2H3,(H,67,82)(H,68,81). The third-order valence-electron chi connectivity index (χ3n) is 13.4. The number of rotatable bonds is 20. The molecule has 1 unspecified atom stereocenters. The van der Waals surface area contributed by atoms with E-state index in [0.29, 0.717) is 71.5 Å². The van der Waals surface area contributed by atoms with E-state index in [9.17, 15) is 45.5 Å². The quantitative estimate of drug-likeness (QED) is 0.0538. The van der Waals surface area contributed by atoms with Crippen molar-refractivity contribution >= 4 is 69.1 Å². The van der Waals surface area contributed by atoms with Crippen molar-refractivity contribution < 1.29 is 59.7 Å². The van der Waals surface area contributed by atoms with E-state index in [1.807, 2.05) is 67.6 Å². The van der Waals surface area contributed by atoms with Gasteiger partial charge in [0.1, 0.15) is 41.8 Å². The van der Waals surface area contributed by atoms with Crippen molar-refractivity contribution in [2.24, 2.45) is 9.98 Å². The number of amidine groups is 2. The normalized spacial score (nSPS) is 15.4. The van der Waals surface area contributed by atoms with Gasteiger partial charge in [-0.2, -0.15) is 9.98 Å². The summed E-state index contributed by atoms with van der Waals surface area (Å²) in [6, 6.07) is 36.9. The van der Waals surface area contributed by atoms with E-state index in [4.69, 9.17) is 4.74 Å². The van der Waals surface area contributed by atoms with Crippen LogP contribution in [0.25, 0.3) is 34.2 Å². The van der Waals surface area contributed by atoms with Crippen molar-refractivity contribution in [2.75, 3.05) is 35.2 Å². The van der Waals surface area contributed by atoms with E-state index in [0.717, 1.165) is 64.2 Å². The number of para-hydroxylation sites is 1. The Morgan fingerprint density at radius 3 is 1.79 bits per heavy atom. The number of anilines is 2. The smallest absolute Gasteiger partial charge is 0.492 e. The molecule has 0 spiro atoms. The van der Waals surface area contributed by atoms with Gasteiger partial charge in [-0.25, -0.2) is 28.9 Å². The molecule has 2 aliphatic rings. The third kappa shape index (κ3) is 15.9. The lowest BCUT2D eigenvalue weighted by molar-refractivity contribution is -0.275. The average molecular weight is 1230 g/mol. The lowest BCUT2D eigenvalue weighted by Crippen LogP contribution is -2.35. The van der Waals surface area contributed by atoms with Gasteiger partial charge in [0.2, 0.25) is 11.8 Å². The highest BCUT2D eigenvalue weighted by Gasteiger charge is 2.41. The van der Waals surface area contributed by atoms with Crippen LogP contribution in [0, 0.1) is 13.8 Å². The van der Waals surface area contributed by atoms with E-state index in [-0.39, 0.29) is 52.6 Å². The van der Waals surface area contributed by atoms with E-state index in [2.05, 4.69) is 50.3 Å². The molecule has 2 aliphatic heterocycles. The minimum absolute atomic E-state index is 0.0689. The second kappa shape index (κ2) is 26.8. The Hall–Kier alpha value is -9.50. The minimum Gasteiger partial charge on any atom is -0.492 e. The Morgan fingerprint density at radius 1 is 0.598 bits per heavy atom. The summed E-state index contributed by atoms with van der Waals surface area (Å²) in [6.07, 6.45) is -3.40. The molecule has 2 N–H and O–H groups in total. The van der Waals surface area contributed by atoms with E-state index >= 15 is 0 Å². The molecule has 0 saturated carbocycles. The highest BCUT2D eigenvalue weighted by molar-refractivity contribution is 8.16. The molecule has 6 aromatic carbocycles. The number of benzene rings is 6. The van der Waals surface area contributed by atoms with Gasteiger partial charge in [-0.05, 0) is 147 Å². The van der Waals surface area contributed by atoms with Gasteiger partial charge in [-0.1, -0.05) is 84.2 Å². The molecule has 10 rings (SSSR count). The number of aryl methyl sites for hydroxylation is 4. The zero-order chi connectivity index (χ0) is 61.2. The van der Waals surface area contributed by atoms with Gasteiger partial charge in [0.25, 0.3) is 0 Å². The number of unbranched alkanes of at least 4 members (excludes halogenated alkanes) is 1. The first-order valence-electron chi connectivity index (χ1n) is 27.0. The highest BCUT2D eigenvalue weighted by atomic mass is 32.2. The van der Waals surface area contributed by atoms with Crippen LogP contribution in [0.5, 0.6) is 17.2 Å². The number of amides is 6. The number of halogens is 6. The maximum atomic E-state index is 14.1. The SMILES string of the molecule is Cc1cc(OCC2SC(=NC(=O)NCCCCc3ccc(-c4ncn(-c5ccc(OC(F)(F)F)cc5)n4)cc3)N(c3ccccc3C)C2=O)ccc1N1C(=O)CSC1=NC(=O)NCCCc1cccc(-c2ncn(-c3ccc(OC(F)(F)F)cc3)n2)c1. The third-order valence-corrected chi connectivity index (χ3v) is 15.4. The fourth-order valence-electron chi connectivity index (χ4n) is 9.23. The van der Waals surface area contributed by atoms with E-state index < -0.39 is 30.0 Å². The van der Waals surface area contributed by atoms with Crippen molar-refractivity contribution in [3.63, 3.8) is 0 Å². The molecule has 1 atom stereocenters. The lowest BCUT2D eigenvalue weighted by Gasteiger charge is -2.20. The number of aliphatic imine (C=N–C) groups is 2. The number of nitrogens with zero attached hydrogens (tertiary/aromatic N) is 10. The number of alkyl halides is 6. The maximum Gasteiger partial charge on any atom is 0.573 e. The van der Waals surface area contributed by atoms with Crippen LogP contribution >= 0.6 is 23.5 Å². The average Bonchev–Trinajstić information content (AvgIpc) is 2.62. The first-order chi connectivity index (χ1) is 41.8. The monoisotopic (exact) mass is 1230 g/mol. The van der Waals surface area contributed by atoms with Gasteiger partial charge in [-0.15, -0.1) is 36.5 Å². The van der Waals surface area contributed by atoms with Crippen molar-refractivity contribution in [2.45, 2.75) is 63.9 Å². The summed E-state index contributed by atoms with van der Waals surface area (Å²) in [7, 11) is 0. The molecule has 2 fully saturated rings. The molecular weight excluding hydrogens is 1180 g/mol. The van der Waals surface area contributed by atoms with Crippen LogP contribution in [0.4, 0.5) is 47.3 Å². The van der Waals surface area contributed by atoms with Gasteiger partial charge in [-0.3, -0.25) is 19.4 Å². The van der Waals surface area contributed by atoms with E-state index in [1.54, 1.807) is 37.3 Å². The molecule has 2 aromatic heterocycles. The van der Waals surface area contributed by atoms with Crippen LogP contribution in [0.15, 0.2) is 162 Å².